The van der Waals surface area contributed by atoms with Crippen LogP contribution >= 0.6 is 0 Å². The Balaban J connectivity index is 1.35. The maximum Gasteiger partial charge on any atom is 0.218 e. The van der Waals surface area contributed by atoms with Crippen molar-refractivity contribution < 1.29 is 8.97 Å². The number of hydrogen-bond acceptors (Lipinski definition) is 0. The number of pyridine rings is 3. The van der Waals surface area contributed by atoms with Gasteiger partial charge in [-0.25, -0.2) is 0 Å². The Kier molecular flexibility index (Phi) is 5.56. The van der Waals surface area contributed by atoms with E-state index in [0.29, 0.717) is 0 Å². The summed E-state index contributed by atoms with van der Waals surface area (Å²) in [5.41, 5.74) is 8.90. The molecule has 0 spiro atoms. The average Bonchev–Trinajstić information content (AvgIpc) is 2.92. The largest absolute Gasteiger partial charge is 0.218 e. The summed E-state index contributed by atoms with van der Waals surface area (Å²) in [6.07, 6.45) is 5.33. The third-order valence-electron chi connectivity index (χ3n) is 6.89. The van der Waals surface area contributed by atoms with Crippen molar-refractivity contribution in [3.8, 4) is 22.4 Å². The lowest BCUT2D eigenvalue weighted by atomic mass is 9.98. The highest BCUT2D eigenvalue weighted by Gasteiger charge is 2.19. The van der Waals surface area contributed by atoms with Gasteiger partial charge in [-0.05, 0) is 53.3 Å². The zero-order chi connectivity index (χ0) is 23.6. The van der Waals surface area contributed by atoms with Crippen LogP contribution in [0.1, 0.15) is 11.3 Å². The molecule has 0 amide bonds. The first-order valence-corrected chi connectivity index (χ1v) is 12.2. The fourth-order valence-corrected chi connectivity index (χ4v) is 5.12. The first-order chi connectivity index (χ1) is 17.3. The first-order valence-electron chi connectivity index (χ1n) is 12.2. The van der Waals surface area contributed by atoms with Crippen molar-refractivity contribution in [3.05, 3.63) is 139 Å². The summed E-state index contributed by atoms with van der Waals surface area (Å²) in [5, 5.41) is 2.58. The van der Waals surface area contributed by atoms with Crippen LogP contribution in [-0.4, -0.2) is 0 Å². The normalized spacial score (nSPS) is 11.2. The molecule has 0 radical (unpaired) electrons. The Bertz CT molecular complexity index is 1650. The summed E-state index contributed by atoms with van der Waals surface area (Å²) in [5.74, 6) is 0. The van der Waals surface area contributed by atoms with Crippen LogP contribution in [0.5, 0.6) is 0 Å². The third kappa shape index (κ3) is 4.08. The van der Waals surface area contributed by atoms with E-state index in [1.807, 2.05) is 0 Å². The van der Waals surface area contributed by atoms with E-state index in [9.17, 15) is 0 Å². The summed E-state index contributed by atoms with van der Waals surface area (Å²) in [4.78, 5) is 0. The molecule has 35 heavy (non-hydrogen) atoms. The van der Waals surface area contributed by atoms with Crippen LogP contribution in [0.15, 0.2) is 128 Å². The average molecular weight is 453 g/mol. The van der Waals surface area contributed by atoms with Crippen molar-refractivity contribution in [2.45, 2.75) is 19.9 Å². The maximum absolute atomic E-state index is 2.38. The molecule has 3 aromatic heterocycles. The van der Waals surface area contributed by atoms with Crippen molar-refractivity contribution in [2.75, 3.05) is 0 Å². The molecule has 0 atom stereocenters. The fourth-order valence-electron chi connectivity index (χ4n) is 5.12. The van der Waals surface area contributed by atoms with Crippen molar-refractivity contribution in [2.24, 2.45) is 0 Å². The van der Waals surface area contributed by atoms with Gasteiger partial charge in [0, 0.05) is 35.9 Å². The molecular formula is C33H28N2+2. The summed E-state index contributed by atoms with van der Waals surface area (Å²) >= 11 is 0. The minimum atomic E-state index is 0.908. The standard InChI is InChI=1S/C33H28N2/c1-25-23-27(26-11-3-2-4-12-26)17-18-30(25)32-15-7-9-20-34(32)22-19-29-24-28-13-5-6-14-31(28)33-16-8-10-21-35(29)33/h2-18,20-21,23-24H,19,22H2,1H3/q+2. The van der Waals surface area contributed by atoms with Crippen molar-refractivity contribution >= 4 is 16.3 Å². The molecule has 0 aliphatic heterocycles. The summed E-state index contributed by atoms with van der Waals surface area (Å²) in [7, 11) is 0. The highest BCUT2D eigenvalue weighted by molar-refractivity contribution is 5.93. The fraction of sp³-hybridized carbons (Fsp3) is 0.0909. The van der Waals surface area contributed by atoms with E-state index < -0.39 is 0 Å². The Morgan fingerprint density at radius 1 is 0.629 bits per heavy atom. The van der Waals surface area contributed by atoms with Crippen LogP contribution in [-0.2, 0) is 13.0 Å². The van der Waals surface area contributed by atoms with Gasteiger partial charge < -0.3 is 0 Å². The Morgan fingerprint density at radius 2 is 1.40 bits per heavy atom. The molecule has 0 N–H and O–H groups in total. The van der Waals surface area contributed by atoms with Gasteiger partial charge in [-0.15, -0.1) is 0 Å². The third-order valence-corrected chi connectivity index (χ3v) is 6.89. The van der Waals surface area contributed by atoms with Gasteiger partial charge in [-0.2, -0.15) is 8.97 Å². The van der Waals surface area contributed by atoms with Crippen molar-refractivity contribution in [1.29, 1.82) is 0 Å². The number of benzene rings is 3. The summed E-state index contributed by atoms with van der Waals surface area (Å²) in [6, 6.07) is 41.3. The SMILES string of the molecule is Cc1cc(-c2ccccc2)ccc1-c1cccc[n+]1CCc1cc2ccccc2c2cccc[n+]12. The van der Waals surface area contributed by atoms with Crippen molar-refractivity contribution in [3.63, 3.8) is 0 Å². The van der Waals surface area contributed by atoms with E-state index in [1.54, 1.807) is 0 Å². The zero-order valence-corrected chi connectivity index (χ0v) is 19.9. The van der Waals surface area contributed by atoms with Gasteiger partial charge in [-0.1, -0.05) is 60.7 Å². The summed E-state index contributed by atoms with van der Waals surface area (Å²) in [6.45, 7) is 3.12. The van der Waals surface area contributed by atoms with E-state index in [0.717, 1.165) is 13.0 Å². The molecule has 2 heteroatoms. The predicted octanol–water partition coefficient (Wildman–Crippen LogP) is 6.75. The lowest BCUT2D eigenvalue weighted by molar-refractivity contribution is -0.688. The molecule has 0 aliphatic carbocycles. The molecule has 6 rings (SSSR count). The molecule has 0 bridgehead atoms. The molecule has 0 saturated heterocycles. The number of hydrogen-bond donors (Lipinski definition) is 0. The number of aromatic nitrogens is 2. The van der Waals surface area contributed by atoms with Gasteiger partial charge in [0.05, 0.1) is 11.8 Å². The van der Waals surface area contributed by atoms with Crippen LogP contribution in [0.2, 0.25) is 0 Å². The topological polar surface area (TPSA) is 7.98 Å². The number of fused-ring (bicyclic) bond motifs is 3. The molecule has 3 heterocycles. The number of nitrogens with zero attached hydrogens (tertiary/aromatic N) is 2. The van der Waals surface area contributed by atoms with Crippen LogP contribution in [0.25, 0.3) is 38.7 Å². The Labute approximate surface area is 206 Å². The molecule has 0 saturated carbocycles. The van der Waals surface area contributed by atoms with Crippen molar-refractivity contribution in [1.82, 2.24) is 0 Å². The second kappa shape index (κ2) is 9.15. The smallest absolute Gasteiger partial charge is 0.198 e. The van der Waals surface area contributed by atoms with Gasteiger partial charge in [0.1, 0.15) is 0 Å². The monoisotopic (exact) mass is 452 g/mol. The number of rotatable bonds is 5. The molecule has 0 aliphatic rings. The lowest BCUT2D eigenvalue weighted by Crippen LogP contribution is -2.39. The van der Waals surface area contributed by atoms with E-state index >= 15 is 0 Å². The van der Waals surface area contributed by atoms with E-state index in [4.69, 9.17) is 0 Å². The molecule has 0 fully saturated rings. The second-order valence-electron chi connectivity index (χ2n) is 9.10. The molecule has 3 aromatic carbocycles. The van der Waals surface area contributed by atoms with Gasteiger partial charge in [0.2, 0.25) is 11.2 Å². The Morgan fingerprint density at radius 3 is 2.29 bits per heavy atom. The van der Waals surface area contributed by atoms with Crippen LogP contribution < -0.4 is 8.97 Å². The second-order valence-corrected chi connectivity index (χ2v) is 9.10. The van der Waals surface area contributed by atoms with Crippen LogP contribution in [0.3, 0.4) is 0 Å². The predicted molar refractivity (Wildman–Crippen MR) is 143 cm³/mol. The number of aryl methyl sites for hydroxylation is 3. The Hall–Kier alpha value is -4.30. The van der Waals surface area contributed by atoms with Crippen LogP contribution in [0.4, 0.5) is 0 Å². The maximum atomic E-state index is 2.38. The van der Waals surface area contributed by atoms with Gasteiger partial charge in [0.15, 0.2) is 24.6 Å². The minimum absolute atomic E-state index is 0.908. The zero-order valence-electron chi connectivity index (χ0n) is 19.9. The highest BCUT2D eigenvalue weighted by atomic mass is 15.0. The van der Waals surface area contributed by atoms with Gasteiger partial charge in [0.25, 0.3) is 0 Å². The van der Waals surface area contributed by atoms with E-state index in [1.165, 1.54) is 49.9 Å². The van der Waals surface area contributed by atoms with Crippen LogP contribution in [0, 0.1) is 6.92 Å². The first kappa shape index (κ1) is 21.2. The van der Waals surface area contributed by atoms with E-state index in [2.05, 4.69) is 144 Å². The molecule has 0 unspecified atom stereocenters. The molecule has 6 aromatic rings. The molecule has 168 valence electrons. The lowest BCUT2D eigenvalue weighted by Gasteiger charge is -2.09. The van der Waals surface area contributed by atoms with Gasteiger partial charge >= 0.3 is 0 Å². The van der Waals surface area contributed by atoms with Gasteiger partial charge in [-0.3, -0.25) is 0 Å². The quantitative estimate of drug-likeness (QED) is 0.202. The molecule has 2 nitrogen and oxygen atoms in total. The minimum Gasteiger partial charge on any atom is -0.198 e. The van der Waals surface area contributed by atoms with E-state index in [-0.39, 0.29) is 0 Å². The summed E-state index contributed by atoms with van der Waals surface area (Å²) < 4.78 is 4.72. The highest BCUT2D eigenvalue weighted by Crippen LogP contribution is 2.27. The molecular weight excluding hydrogens is 424 g/mol.